The topological polar surface area (TPSA) is 59.9 Å². The van der Waals surface area contributed by atoms with E-state index in [9.17, 15) is 4.79 Å². The molecule has 2 aliphatic heterocycles. The van der Waals surface area contributed by atoms with Crippen molar-refractivity contribution in [2.75, 3.05) is 12.4 Å². The maximum atomic E-state index is 13.2. The number of carbonyl (C=O) groups is 1. The molecule has 0 bridgehead atoms. The highest BCUT2D eigenvalue weighted by molar-refractivity contribution is 6.15. The normalized spacial score (nSPS) is 22.4. The molecule has 0 saturated heterocycles. The molecule has 0 radical (unpaired) electrons. The Labute approximate surface area is 162 Å². The number of rotatable bonds is 3. The molecule has 28 heavy (non-hydrogen) atoms. The van der Waals surface area contributed by atoms with Crippen LogP contribution in [0, 0.1) is 0 Å². The lowest BCUT2D eigenvalue weighted by Crippen LogP contribution is -2.41. The third kappa shape index (κ3) is 2.26. The van der Waals surface area contributed by atoms with Crippen molar-refractivity contribution in [3.8, 4) is 5.75 Å². The third-order valence-corrected chi connectivity index (χ3v) is 5.40. The average Bonchev–Trinajstić information content (AvgIpc) is 3.28. The number of nitrogens with zero attached hydrogens (tertiary/aromatic N) is 1. The summed E-state index contributed by atoms with van der Waals surface area (Å²) in [7, 11) is 1.63. The predicted molar refractivity (Wildman–Crippen MR) is 107 cm³/mol. The molecule has 1 amide bonds. The van der Waals surface area contributed by atoms with Gasteiger partial charge < -0.3 is 14.9 Å². The highest BCUT2D eigenvalue weighted by atomic mass is 16.7. The van der Waals surface area contributed by atoms with Gasteiger partial charge in [0.15, 0.2) is 0 Å². The molecule has 0 unspecified atom stereocenters. The average molecular weight is 370 g/mol. The summed E-state index contributed by atoms with van der Waals surface area (Å²) >= 11 is 0. The van der Waals surface area contributed by atoms with Gasteiger partial charge in [-0.3, -0.25) is 4.79 Å². The Morgan fingerprint density at radius 2 is 1.68 bits per heavy atom. The number of fused-ring (bicyclic) bond motifs is 2. The van der Waals surface area contributed by atoms with Gasteiger partial charge in [-0.05, 0) is 23.8 Å². The smallest absolute Gasteiger partial charge is 0.277 e. The van der Waals surface area contributed by atoms with Crippen molar-refractivity contribution in [1.82, 2.24) is 0 Å². The largest absolute Gasteiger partial charge is 0.497 e. The fraction of sp³-hybridized carbons (Fsp3) is 0.130. The van der Waals surface area contributed by atoms with E-state index in [0.717, 1.165) is 33.8 Å². The number of methoxy groups -OCH3 is 1. The van der Waals surface area contributed by atoms with Gasteiger partial charge in [0.1, 0.15) is 5.75 Å². The minimum atomic E-state index is -1.23. The van der Waals surface area contributed by atoms with E-state index in [4.69, 9.17) is 9.57 Å². The molecule has 5 rings (SSSR count). The highest BCUT2D eigenvalue weighted by Gasteiger charge is 2.61. The van der Waals surface area contributed by atoms with Gasteiger partial charge in [0.05, 0.1) is 18.7 Å². The van der Waals surface area contributed by atoms with Crippen LogP contribution in [-0.4, -0.2) is 18.7 Å². The van der Waals surface area contributed by atoms with Crippen molar-refractivity contribution in [3.05, 3.63) is 95.6 Å². The van der Waals surface area contributed by atoms with Crippen molar-refractivity contribution in [1.29, 1.82) is 0 Å². The fourth-order valence-corrected chi connectivity index (χ4v) is 4.07. The molecule has 2 aliphatic rings. The number of benzene rings is 3. The minimum absolute atomic E-state index is 0.204. The number of hydrogen-bond acceptors (Lipinski definition) is 4. The number of nitrogens with one attached hydrogen (secondary N) is 1. The SMILES string of the molecule is COc1ccc([C@@H]2C(c3ccccc3)=NO[C@@]23C(=O)Nc2ccccc23)cc1. The molecule has 5 nitrogen and oxygen atoms in total. The van der Waals surface area contributed by atoms with Crippen molar-refractivity contribution < 1.29 is 14.4 Å². The van der Waals surface area contributed by atoms with Gasteiger partial charge in [-0.2, -0.15) is 0 Å². The number of oxime groups is 1. The van der Waals surface area contributed by atoms with Gasteiger partial charge in [-0.25, -0.2) is 0 Å². The van der Waals surface area contributed by atoms with E-state index < -0.39 is 5.60 Å². The van der Waals surface area contributed by atoms with Crippen molar-refractivity contribution in [2.45, 2.75) is 11.5 Å². The first-order valence-electron chi connectivity index (χ1n) is 9.10. The molecule has 0 saturated carbocycles. The summed E-state index contributed by atoms with van der Waals surface area (Å²) in [4.78, 5) is 19.2. The molecule has 2 atom stereocenters. The van der Waals surface area contributed by atoms with Crippen LogP contribution >= 0.6 is 0 Å². The van der Waals surface area contributed by atoms with Gasteiger partial charge in [-0.1, -0.05) is 65.8 Å². The number of ether oxygens (including phenoxy) is 1. The molecular formula is C23H18N2O3. The second kappa shape index (κ2) is 6.23. The van der Waals surface area contributed by atoms with E-state index in [1.807, 2.05) is 78.9 Å². The Balaban J connectivity index is 1.71. The van der Waals surface area contributed by atoms with E-state index in [1.54, 1.807) is 7.11 Å². The lowest BCUT2D eigenvalue weighted by atomic mass is 9.74. The molecule has 0 aromatic heterocycles. The number of para-hydroxylation sites is 1. The maximum Gasteiger partial charge on any atom is 0.277 e. The molecule has 0 fully saturated rings. The monoisotopic (exact) mass is 370 g/mol. The molecule has 5 heteroatoms. The van der Waals surface area contributed by atoms with Crippen molar-refractivity contribution in [3.63, 3.8) is 0 Å². The first-order valence-corrected chi connectivity index (χ1v) is 9.10. The second-order valence-corrected chi connectivity index (χ2v) is 6.88. The maximum absolute atomic E-state index is 13.2. The van der Waals surface area contributed by atoms with Crippen LogP contribution in [0.15, 0.2) is 84.0 Å². The predicted octanol–water partition coefficient (Wildman–Crippen LogP) is 4.06. The van der Waals surface area contributed by atoms with Crippen LogP contribution in [0.3, 0.4) is 0 Å². The summed E-state index contributed by atoms with van der Waals surface area (Å²) in [5, 5.41) is 7.38. The van der Waals surface area contributed by atoms with E-state index in [0.29, 0.717) is 0 Å². The molecule has 1 N–H and O–H groups in total. The lowest BCUT2D eigenvalue weighted by Gasteiger charge is -2.28. The Bertz CT molecular complexity index is 1080. The Kier molecular flexibility index (Phi) is 3.69. The van der Waals surface area contributed by atoms with Crippen LogP contribution in [0.1, 0.15) is 22.6 Å². The van der Waals surface area contributed by atoms with Crippen LogP contribution in [0.5, 0.6) is 5.75 Å². The number of hydrogen-bond donors (Lipinski definition) is 1. The standard InChI is InChI=1S/C23H18N2O3/c1-27-17-13-11-15(12-14-17)20-21(16-7-3-2-4-8-16)25-28-23(20)18-9-5-6-10-19(18)24-22(23)26/h2-14,20H,1H3,(H,24,26)/t20-,23-/m1/s1. The third-order valence-electron chi connectivity index (χ3n) is 5.40. The van der Waals surface area contributed by atoms with E-state index in [-0.39, 0.29) is 11.8 Å². The summed E-state index contributed by atoms with van der Waals surface area (Å²) in [5.74, 6) is 0.167. The molecular weight excluding hydrogens is 352 g/mol. The van der Waals surface area contributed by atoms with E-state index >= 15 is 0 Å². The zero-order valence-electron chi connectivity index (χ0n) is 15.3. The van der Waals surface area contributed by atoms with Crippen molar-refractivity contribution >= 4 is 17.3 Å². The molecule has 1 spiro atoms. The first-order chi connectivity index (χ1) is 13.7. The van der Waals surface area contributed by atoms with Crippen molar-refractivity contribution in [2.24, 2.45) is 5.16 Å². The molecule has 3 aromatic rings. The summed E-state index contributed by atoms with van der Waals surface area (Å²) in [6, 6.07) is 25.2. The van der Waals surface area contributed by atoms with Gasteiger partial charge in [0.2, 0.25) is 0 Å². The first kappa shape index (κ1) is 16.6. The van der Waals surface area contributed by atoms with Crippen LogP contribution in [-0.2, 0) is 15.2 Å². The van der Waals surface area contributed by atoms with E-state index in [1.165, 1.54) is 0 Å². The zero-order valence-corrected chi connectivity index (χ0v) is 15.3. The number of amides is 1. The summed E-state index contributed by atoms with van der Waals surface area (Å²) in [6.45, 7) is 0. The van der Waals surface area contributed by atoms with Gasteiger partial charge in [0, 0.05) is 16.8 Å². The Morgan fingerprint density at radius 3 is 2.43 bits per heavy atom. The molecule has 3 aromatic carbocycles. The van der Waals surface area contributed by atoms with E-state index in [2.05, 4.69) is 10.5 Å². The van der Waals surface area contributed by atoms with Crippen LogP contribution in [0.2, 0.25) is 0 Å². The summed E-state index contributed by atoms with van der Waals surface area (Å²) in [5.41, 5.74) is 2.94. The molecule has 2 heterocycles. The van der Waals surface area contributed by atoms with Gasteiger partial charge in [0.25, 0.3) is 11.5 Å². The fourth-order valence-electron chi connectivity index (χ4n) is 4.07. The van der Waals surface area contributed by atoms with Crippen LogP contribution in [0.25, 0.3) is 0 Å². The second-order valence-electron chi connectivity index (χ2n) is 6.88. The summed E-state index contributed by atoms with van der Waals surface area (Å²) in [6.07, 6.45) is 0. The lowest BCUT2D eigenvalue weighted by molar-refractivity contribution is -0.139. The van der Waals surface area contributed by atoms with Crippen LogP contribution < -0.4 is 10.1 Å². The number of carbonyl (C=O) groups excluding carboxylic acids is 1. The molecule has 0 aliphatic carbocycles. The number of anilines is 1. The van der Waals surface area contributed by atoms with Gasteiger partial charge in [-0.15, -0.1) is 0 Å². The quantitative estimate of drug-likeness (QED) is 0.756. The van der Waals surface area contributed by atoms with Crippen LogP contribution in [0.4, 0.5) is 5.69 Å². The Hall–Kier alpha value is -3.60. The van der Waals surface area contributed by atoms with Gasteiger partial charge >= 0.3 is 0 Å². The highest BCUT2D eigenvalue weighted by Crippen LogP contribution is 2.52. The zero-order chi connectivity index (χ0) is 19.1. The Morgan fingerprint density at radius 1 is 0.964 bits per heavy atom. The minimum Gasteiger partial charge on any atom is -0.497 e. The molecule has 138 valence electrons. The summed E-state index contributed by atoms with van der Waals surface area (Å²) < 4.78 is 5.30.